The normalized spacial score (nSPS) is 14.7. The number of aliphatic hydroxyl groups is 1. The van der Waals surface area contributed by atoms with Gasteiger partial charge in [0, 0.05) is 0 Å². The topological polar surface area (TPSA) is 37.3 Å². The minimum Gasteiger partial charge on any atom is -0.386 e. The van der Waals surface area contributed by atoms with Gasteiger partial charge in [-0.25, -0.2) is 9.28 Å². The van der Waals surface area contributed by atoms with E-state index in [4.69, 9.17) is 11.6 Å². The summed E-state index contributed by atoms with van der Waals surface area (Å²) in [6.07, 6.45) is 13.9. The number of quaternary nitrogens is 1. The van der Waals surface area contributed by atoms with E-state index < -0.39 is 11.6 Å². The van der Waals surface area contributed by atoms with Crippen LogP contribution >= 0.6 is 11.6 Å². The monoisotopic (exact) mass is 348 g/mol. The molecule has 1 amide bonds. The Labute approximate surface area is 149 Å². The van der Waals surface area contributed by atoms with Gasteiger partial charge in [-0.15, -0.1) is 0 Å². The molecule has 0 saturated carbocycles. The van der Waals surface area contributed by atoms with Crippen molar-refractivity contribution in [2.45, 2.75) is 103 Å². The van der Waals surface area contributed by atoms with Gasteiger partial charge in [-0.1, -0.05) is 82.7 Å². The lowest BCUT2D eigenvalue weighted by atomic mass is 10.0. The predicted octanol–water partition coefficient (Wildman–Crippen LogP) is 5.24. The number of hydrogen-bond donors (Lipinski definition) is 1. The average Bonchev–Trinajstić information content (AvgIpc) is 2.51. The minimum absolute atomic E-state index is 0.0526. The molecule has 0 fully saturated rings. The van der Waals surface area contributed by atoms with Gasteiger partial charge in [-0.2, -0.15) is 0 Å². The van der Waals surface area contributed by atoms with Crippen LogP contribution in [0.4, 0.5) is 0 Å². The van der Waals surface area contributed by atoms with Gasteiger partial charge in [0.05, 0.1) is 20.5 Å². The number of carbonyl (C=O) groups excluding carboxylic acids is 1. The molecule has 0 aromatic rings. The standard InChI is InChI=1S/C19H39ClNO2/c1-5-6-7-8-9-10-11-12-13-14-15-16-18(23)21(3,4)19(20)17(2)22/h17,19,22H,5-16H2,1-4H3/q+1. The van der Waals surface area contributed by atoms with E-state index in [1.54, 1.807) is 21.0 Å². The molecule has 0 aliphatic carbocycles. The molecule has 138 valence electrons. The van der Waals surface area contributed by atoms with Gasteiger partial charge in [0.25, 0.3) is 0 Å². The van der Waals surface area contributed by atoms with Crippen molar-refractivity contribution in [1.82, 2.24) is 0 Å². The first-order valence-corrected chi connectivity index (χ1v) is 9.96. The molecule has 3 nitrogen and oxygen atoms in total. The maximum absolute atomic E-state index is 12.2. The summed E-state index contributed by atoms with van der Waals surface area (Å²) < 4.78 is 0.0526. The highest BCUT2D eigenvalue weighted by atomic mass is 35.5. The molecule has 0 bridgehead atoms. The van der Waals surface area contributed by atoms with Crippen molar-refractivity contribution in [1.29, 1.82) is 0 Å². The molecule has 0 aliphatic heterocycles. The van der Waals surface area contributed by atoms with Crippen molar-refractivity contribution in [3.05, 3.63) is 0 Å². The molecule has 2 atom stereocenters. The van der Waals surface area contributed by atoms with Crippen LogP contribution in [0.5, 0.6) is 0 Å². The highest BCUT2D eigenvalue weighted by molar-refractivity contribution is 6.20. The Balaban J connectivity index is 3.59. The van der Waals surface area contributed by atoms with E-state index in [1.165, 1.54) is 57.8 Å². The Morgan fingerprint density at radius 1 is 0.913 bits per heavy atom. The number of rotatable bonds is 14. The van der Waals surface area contributed by atoms with Crippen molar-refractivity contribution >= 4 is 17.5 Å². The molecule has 0 radical (unpaired) electrons. The van der Waals surface area contributed by atoms with Crippen LogP contribution in [0.25, 0.3) is 0 Å². The first-order valence-electron chi connectivity index (χ1n) is 9.53. The molecule has 0 heterocycles. The van der Waals surface area contributed by atoms with Crippen LogP contribution in [0.15, 0.2) is 0 Å². The van der Waals surface area contributed by atoms with Crippen molar-refractivity contribution in [2.24, 2.45) is 0 Å². The first-order chi connectivity index (χ1) is 10.8. The summed E-state index contributed by atoms with van der Waals surface area (Å²) >= 11 is 6.15. The summed E-state index contributed by atoms with van der Waals surface area (Å²) in [5.41, 5.74) is -0.574. The van der Waals surface area contributed by atoms with Crippen LogP contribution in [0.1, 0.15) is 90.9 Å². The Hall–Kier alpha value is -0.120. The van der Waals surface area contributed by atoms with E-state index in [0.717, 1.165) is 12.8 Å². The number of carbonyl (C=O) groups is 1. The number of aliphatic hydroxyl groups excluding tert-OH is 1. The molecule has 0 spiro atoms. The molecular formula is C19H39ClNO2+. The van der Waals surface area contributed by atoms with Gasteiger partial charge in [0.2, 0.25) is 0 Å². The SMILES string of the molecule is CCCCCCCCCCCCCC(=O)[N+](C)(C)C(Cl)C(C)O. The predicted molar refractivity (Wildman–Crippen MR) is 99.5 cm³/mol. The second-order valence-corrected chi connectivity index (χ2v) is 7.78. The third-order valence-electron chi connectivity index (χ3n) is 4.65. The highest BCUT2D eigenvalue weighted by Gasteiger charge is 2.36. The largest absolute Gasteiger partial charge is 0.386 e. The summed E-state index contributed by atoms with van der Waals surface area (Å²) in [5, 5.41) is 9.57. The summed E-state index contributed by atoms with van der Waals surface area (Å²) in [6.45, 7) is 3.88. The molecule has 0 rings (SSSR count). The number of likely N-dealkylation sites (N-methyl/N-ethyl adjacent to an activating group) is 1. The molecule has 0 aliphatic rings. The molecule has 0 aromatic carbocycles. The zero-order valence-corrected chi connectivity index (χ0v) is 16.6. The zero-order valence-electron chi connectivity index (χ0n) is 15.8. The number of nitrogens with zero attached hydrogens (tertiary/aromatic N) is 1. The van der Waals surface area contributed by atoms with Gasteiger partial charge in [0.15, 0.2) is 5.50 Å². The minimum atomic E-state index is -0.687. The van der Waals surface area contributed by atoms with Crippen LogP contribution < -0.4 is 0 Å². The van der Waals surface area contributed by atoms with E-state index in [1.807, 2.05) is 0 Å². The average molecular weight is 349 g/mol. The van der Waals surface area contributed by atoms with Crippen molar-refractivity contribution < 1.29 is 14.4 Å². The van der Waals surface area contributed by atoms with E-state index in [9.17, 15) is 9.90 Å². The molecule has 1 N–H and O–H groups in total. The smallest absolute Gasteiger partial charge is 0.314 e. The lowest BCUT2D eigenvalue weighted by Gasteiger charge is -2.33. The third kappa shape index (κ3) is 10.4. The Kier molecular flexibility index (Phi) is 13.1. The maximum atomic E-state index is 12.2. The summed E-state index contributed by atoms with van der Waals surface area (Å²) in [5.74, 6) is 0.113. The highest BCUT2D eigenvalue weighted by Crippen LogP contribution is 2.19. The van der Waals surface area contributed by atoms with Crippen LogP contribution in [0.2, 0.25) is 0 Å². The number of unbranched alkanes of at least 4 members (excludes halogenated alkanes) is 10. The zero-order chi connectivity index (χ0) is 17.7. The lowest BCUT2D eigenvalue weighted by Crippen LogP contribution is -2.54. The van der Waals surface area contributed by atoms with E-state index >= 15 is 0 Å². The molecule has 0 saturated heterocycles. The summed E-state index contributed by atoms with van der Waals surface area (Å²) in [4.78, 5) is 12.2. The van der Waals surface area contributed by atoms with Gasteiger partial charge >= 0.3 is 5.91 Å². The summed E-state index contributed by atoms with van der Waals surface area (Å²) in [7, 11) is 3.57. The number of amides is 1. The van der Waals surface area contributed by atoms with E-state index in [2.05, 4.69) is 6.92 Å². The third-order valence-corrected chi connectivity index (χ3v) is 5.50. The van der Waals surface area contributed by atoms with Gasteiger partial charge in [0.1, 0.15) is 6.10 Å². The molecular weight excluding hydrogens is 310 g/mol. The van der Waals surface area contributed by atoms with Crippen molar-refractivity contribution in [2.75, 3.05) is 14.1 Å². The number of halogens is 1. The quantitative estimate of drug-likeness (QED) is 0.202. The van der Waals surface area contributed by atoms with Crippen molar-refractivity contribution in [3.63, 3.8) is 0 Å². The Morgan fingerprint density at radius 3 is 1.70 bits per heavy atom. The van der Waals surface area contributed by atoms with Gasteiger partial charge in [-0.05, 0) is 13.3 Å². The fourth-order valence-corrected chi connectivity index (χ4v) is 3.01. The first kappa shape index (κ1) is 22.9. The lowest BCUT2D eigenvalue weighted by molar-refractivity contribution is -0.830. The number of hydrogen-bond acceptors (Lipinski definition) is 2. The maximum Gasteiger partial charge on any atom is 0.314 e. The molecule has 0 aromatic heterocycles. The van der Waals surface area contributed by atoms with Crippen LogP contribution in [-0.4, -0.2) is 41.2 Å². The van der Waals surface area contributed by atoms with Crippen LogP contribution in [0, 0.1) is 0 Å². The van der Waals surface area contributed by atoms with Crippen LogP contribution in [-0.2, 0) is 4.79 Å². The second-order valence-electron chi connectivity index (χ2n) is 7.33. The van der Waals surface area contributed by atoms with E-state index in [-0.39, 0.29) is 10.4 Å². The second kappa shape index (κ2) is 13.2. The fraction of sp³-hybridized carbons (Fsp3) is 0.947. The van der Waals surface area contributed by atoms with E-state index in [0.29, 0.717) is 6.42 Å². The Morgan fingerprint density at radius 2 is 1.30 bits per heavy atom. The fourth-order valence-electron chi connectivity index (χ4n) is 2.91. The van der Waals surface area contributed by atoms with Crippen LogP contribution in [0.3, 0.4) is 0 Å². The van der Waals surface area contributed by atoms with Crippen molar-refractivity contribution in [3.8, 4) is 0 Å². The molecule has 2 unspecified atom stereocenters. The Bertz CT molecular complexity index is 306. The molecule has 23 heavy (non-hydrogen) atoms. The van der Waals surface area contributed by atoms with Gasteiger partial charge < -0.3 is 5.11 Å². The summed E-state index contributed by atoms with van der Waals surface area (Å²) in [6, 6.07) is 0. The van der Waals surface area contributed by atoms with Gasteiger partial charge in [-0.3, -0.25) is 0 Å². The molecule has 4 heteroatoms. The number of alkyl halides is 1.